The number of hydrogen-bond donors (Lipinski definition) is 2. The van der Waals surface area contributed by atoms with E-state index in [-0.39, 0.29) is 19.0 Å². The Kier molecular flexibility index (Phi) is 6.21. The molecule has 2 atom stereocenters. The number of carboxylic acids is 2. The van der Waals surface area contributed by atoms with E-state index in [1.54, 1.807) is 13.8 Å². The van der Waals surface area contributed by atoms with Gasteiger partial charge in [-0.1, -0.05) is 20.8 Å². The van der Waals surface area contributed by atoms with Gasteiger partial charge in [-0.25, -0.2) is 0 Å². The summed E-state index contributed by atoms with van der Waals surface area (Å²) in [7, 11) is 0. The van der Waals surface area contributed by atoms with E-state index in [0.29, 0.717) is 0 Å². The van der Waals surface area contributed by atoms with Gasteiger partial charge in [0, 0.05) is 6.54 Å². The van der Waals surface area contributed by atoms with Crippen LogP contribution in [0.5, 0.6) is 0 Å². The molecule has 0 aromatic carbocycles. The van der Waals surface area contributed by atoms with Crippen molar-refractivity contribution in [1.29, 1.82) is 5.26 Å². The first-order valence-corrected chi connectivity index (χ1v) is 5.37. The average molecular weight is 242 g/mol. The summed E-state index contributed by atoms with van der Waals surface area (Å²) in [6.45, 7) is 4.92. The summed E-state index contributed by atoms with van der Waals surface area (Å²) in [6.07, 6.45) is 0. The molecule has 0 amide bonds. The molecule has 0 fully saturated rings. The summed E-state index contributed by atoms with van der Waals surface area (Å²) < 4.78 is 0. The number of hydrogen-bond acceptors (Lipinski definition) is 4. The van der Waals surface area contributed by atoms with Crippen molar-refractivity contribution in [2.75, 3.05) is 13.1 Å². The predicted octanol–water partition coefficient (Wildman–Crippen LogP) is 0.642. The van der Waals surface area contributed by atoms with Gasteiger partial charge in [-0.3, -0.25) is 14.5 Å². The smallest absolute Gasteiger partial charge is 0.321 e. The highest BCUT2D eigenvalue weighted by Crippen LogP contribution is 2.13. The minimum atomic E-state index is -1.03. The Labute approximate surface area is 100 Å². The molecule has 0 aromatic heterocycles. The highest BCUT2D eigenvalue weighted by atomic mass is 16.4. The van der Waals surface area contributed by atoms with Gasteiger partial charge in [0.15, 0.2) is 0 Å². The van der Waals surface area contributed by atoms with Crippen molar-refractivity contribution < 1.29 is 19.8 Å². The van der Waals surface area contributed by atoms with Crippen LogP contribution in [-0.2, 0) is 9.59 Å². The Bertz CT molecular complexity index is 322. The van der Waals surface area contributed by atoms with Gasteiger partial charge < -0.3 is 10.2 Å². The van der Waals surface area contributed by atoms with Gasteiger partial charge in [-0.05, 0) is 5.92 Å². The number of rotatable bonds is 7. The summed E-state index contributed by atoms with van der Waals surface area (Å²) in [5, 5.41) is 26.6. The lowest BCUT2D eigenvalue weighted by molar-refractivity contribution is -0.148. The van der Waals surface area contributed by atoms with Crippen LogP contribution >= 0.6 is 0 Å². The topological polar surface area (TPSA) is 102 Å². The Morgan fingerprint density at radius 2 is 1.76 bits per heavy atom. The Hall–Kier alpha value is -1.61. The largest absolute Gasteiger partial charge is 0.481 e. The van der Waals surface area contributed by atoms with Crippen LogP contribution in [0.4, 0.5) is 0 Å². The van der Waals surface area contributed by atoms with Crippen LogP contribution in [0.1, 0.15) is 20.8 Å². The van der Waals surface area contributed by atoms with Gasteiger partial charge in [-0.15, -0.1) is 0 Å². The number of nitriles is 1. The summed E-state index contributed by atoms with van der Waals surface area (Å²) in [5.41, 5.74) is 0. The molecule has 0 bridgehead atoms. The summed E-state index contributed by atoms with van der Waals surface area (Å²) in [6, 6.07) is 1.04. The molecule has 0 rings (SSSR count). The molecule has 0 saturated heterocycles. The van der Waals surface area contributed by atoms with E-state index in [4.69, 9.17) is 15.5 Å². The third kappa shape index (κ3) is 4.83. The molecule has 6 nitrogen and oxygen atoms in total. The van der Waals surface area contributed by atoms with Crippen molar-refractivity contribution in [2.45, 2.75) is 26.8 Å². The molecule has 2 unspecified atom stereocenters. The van der Waals surface area contributed by atoms with Gasteiger partial charge in [0.1, 0.15) is 6.04 Å². The maximum atomic E-state index is 11.1. The quantitative estimate of drug-likeness (QED) is 0.635. The second-order valence-corrected chi connectivity index (χ2v) is 4.35. The highest BCUT2D eigenvalue weighted by Gasteiger charge is 2.30. The summed E-state index contributed by atoms with van der Waals surface area (Å²) in [4.78, 5) is 23.2. The second-order valence-electron chi connectivity index (χ2n) is 4.35. The Balaban J connectivity index is 4.87. The normalized spacial score (nSPS) is 14.4. The molecule has 0 radical (unpaired) electrons. The number of carboxylic acid groups (broad SMARTS) is 2. The minimum absolute atomic E-state index is 0.0536. The maximum absolute atomic E-state index is 11.1. The zero-order chi connectivity index (χ0) is 13.6. The highest BCUT2D eigenvalue weighted by molar-refractivity contribution is 5.74. The fourth-order valence-electron chi connectivity index (χ4n) is 1.66. The third-order valence-electron chi connectivity index (χ3n) is 2.48. The molecular weight excluding hydrogens is 224 g/mol. The first-order chi connectivity index (χ1) is 7.81. The molecule has 0 heterocycles. The lowest BCUT2D eigenvalue weighted by Gasteiger charge is -2.30. The number of nitrogens with zero attached hydrogens (tertiary/aromatic N) is 2. The van der Waals surface area contributed by atoms with Crippen molar-refractivity contribution in [3.05, 3.63) is 0 Å². The van der Waals surface area contributed by atoms with Crippen molar-refractivity contribution >= 4 is 11.9 Å². The molecule has 0 aliphatic heterocycles. The molecular formula is C11H18N2O4. The molecule has 0 aromatic rings. The fourth-order valence-corrected chi connectivity index (χ4v) is 1.66. The van der Waals surface area contributed by atoms with Crippen LogP contribution in [0.2, 0.25) is 0 Å². The van der Waals surface area contributed by atoms with E-state index >= 15 is 0 Å². The van der Waals surface area contributed by atoms with Gasteiger partial charge in [0.05, 0.1) is 18.5 Å². The van der Waals surface area contributed by atoms with Crippen LogP contribution in [0.15, 0.2) is 0 Å². The second kappa shape index (κ2) is 6.86. The molecule has 0 saturated carbocycles. The van der Waals surface area contributed by atoms with E-state index in [0.717, 1.165) is 0 Å². The maximum Gasteiger partial charge on any atom is 0.321 e. The average Bonchev–Trinajstić information content (AvgIpc) is 2.16. The molecule has 0 aliphatic rings. The molecule has 2 N–H and O–H groups in total. The molecule has 6 heteroatoms. The lowest BCUT2D eigenvalue weighted by Crippen LogP contribution is -2.47. The van der Waals surface area contributed by atoms with Gasteiger partial charge in [-0.2, -0.15) is 5.26 Å². The van der Waals surface area contributed by atoms with Gasteiger partial charge in [0.25, 0.3) is 0 Å². The molecule has 0 spiro atoms. The summed E-state index contributed by atoms with van der Waals surface area (Å²) in [5.74, 6) is -2.93. The SMILES string of the molecule is CC(CN(CC#N)C(C(=O)O)C(C)C)C(=O)O. The van der Waals surface area contributed by atoms with E-state index in [2.05, 4.69) is 0 Å². The fraction of sp³-hybridized carbons (Fsp3) is 0.727. The van der Waals surface area contributed by atoms with Crippen LogP contribution in [-0.4, -0.2) is 46.2 Å². The third-order valence-corrected chi connectivity index (χ3v) is 2.48. The molecule has 96 valence electrons. The van der Waals surface area contributed by atoms with E-state index in [1.165, 1.54) is 11.8 Å². The van der Waals surface area contributed by atoms with Crippen molar-refractivity contribution in [2.24, 2.45) is 11.8 Å². The predicted molar refractivity (Wildman–Crippen MR) is 60.2 cm³/mol. The van der Waals surface area contributed by atoms with Gasteiger partial charge >= 0.3 is 11.9 Å². The molecule has 17 heavy (non-hydrogen) atoms. The van der Waals surface area contributed by atoms with E-state index in [9.17, 15) is 9.59 Å². The van der Waals surface area contributed by atoms with Crippen LogP contribution in [0, 0.1) is 23.2 Å². The van der Waals surface area contributed by atoms with Crippen LogP contribution < -0.4 is 0 Å². The number of aliphatic carboxylic acids is 2. The summed E-state index contributed by atoms with van der Waals surface area (Å²) >= 11 is 0. The first-order valence-electron chi connectivity index (χ1n) is 5.37. The standard InChI is InChI=1S/C11H18N2O4/c1-7(2)9(11(16)17)13(5-4-12)6-8(3)10(14)15/h7-9H,5-6H2,1-3H3,(H,14,15)(H,16,17). The Morgan fingerprint density at radius 3 is 2.06 bits per heavy atom. The van der Waals surface area contributed by atoms with Crippen LogP contribution in [0.25, 0.3) is 0 Å². The van der Waals surface area contributed by atoms with Gasteiger partial charge in [0.2, 0.25) is 0 Å². The first kappa shape index (κ1) is 15.4. The van der Waals surface area contributed by atoms with E-state index in [1.807, 2.05) is 6.07 Å². The minimum Gasteiger partial charge on any atom is -0.481 e. The zero-order valence-electron chi connectivity index (χ0n) is 10.3. The Morgan fingerprint density at radius 1 is 1.24 bits per heavy atom. The van der Waals surface area contributed by atoms with Crippen LogP contribution in [0.3, 0.4) is 0 Å². The molecule has 0 aliphatic carbocycles. The zero-order valence-corrected chi connectivity index (χ0v) is 10.3. The monoisotopic (exact) mass is 242 g/mol. The van der Waals surface area contributed by atoms with Crippen molar-refractivity contribution in [3.63, 3.8) is 0 Å². The number of carbonyl (C=O) groups is 2. The lowest BCUT2D eigenvalue weighted by atomic mass is 10.0. The van der Waals surface area contributed by atoms with Crippen molar-refractivity contribution in [3.8, 4) is 6.07 Å². The van der Waals surface area contributed by atoms with E-state index < -0.39 is 23.9 Å². The van der Waals surface area contributed by atoms with Crippen molar-refractivity contribution in [1.82, 2.24) is 4.90 Å².